The van der Waals surface area contributed by atoms with Gasteiger partial charge < -0.3 is 10.4 Å². The van der Waals surface area contributed by atoms with E-state index in [-0.39, 0.29) is 34.2 Å². The van der Waals surface area contributed by atoms with Crippen LogP contribution in [-0.2, 0) is 0 Å². The number of nitro benzene ring substituents is 1. The number of nitrogens with one attached hydrogen (secondary N) is 1. The number of aliphatic hydroxyl groups excluding tert-OH is 1. The Morgan fingerprint density at radius 1 is 1.48 bits per heavy atom. The molecule has 1 aliphatic rings. The lowest BCUT2D eigenvalue weighted by atomic mass is 9.87. The van der Waals surface area contributed by atoms with Crippen molar-refractivity contribution in [2.45, 2.75) is 31.8 Å². The maximum Gasteiger partial charge on any atom is 0.270 e. The standard InChI is InChI=1S/C14H17ClN2O4/c15-13-7-10(17(20)21)4-5-12(13)14(19)16-8-9-2-1-3-11(18)6-9/h4-5,7,9,11,18H,1-3,6,8H2,(H,16,19). The molecule has 0 aromatic heterocycles. The second-order valence-electron chi connectivity index (χ2n) is 5.32. The number of benzene rings is 1. The zero-order valence-electron chi connectivity index (χ0n) is 11.4. The second kappa shape index (κ2) is 6.87. The molecule has 2 unspecified atom stereocenters. The lowest BCUT2D eigenvalue weighted by Gasteiger charge is -2.25. The number of carbonyl (C=O) groups is 1. The Labute approximate surface area is 127 Å². The van der Waals surface area contributed by atoms with E-state index in [1.165, 1.54) is 18.2 Å². The number of nitrogens with zero attached hydrogens (tertiary/aromatic N) is 1. The van der Waals surface area contributed by atoms with Crippen LogP contribution in [0.25, 0.3) is 0 Å². The first-order chi connectivity index (χ1) is 9.97. The molecule has 2 rings (SSSR count). The predicted octanol–water partition coefficient (Wildman–Crippen LogP) is 2.53. The summed E-state index contributed by atoms with van der Waals surface area (Å²) in [5.74, 6) is -0.0931. The number of amides is 1. The van der Waals surface area contributed by atoms with Gasteiger partial charge in [0.1, 0.15) is 0 Å². The van der Waals surface area contributed by atoms with Crippen LogP contribution >= 0.6 is 11.6 Å². The van der Waals surface area contributed by atoms with Crippen molar-refractivity contribution >= 4 is 23.2 Å². The van der Waals surface area contributed by atoms with Crippen molar-refractivity contribution in [1.29, 1.82) is 0 Å². The minimum Gasteiger partial charge on any atom is -0.393 e. The monoisotopic (exact) mass is 312 g/mol. The molecule has 1 fully saturated rings. The first-order valence-corrected chi connectivity index (χ1v) is 7.25. The first kappa shape index (κ1) is 15.7. The molecule has 6 nitrogen and oxygen atoms in total. The van der Waals surface area contributed by atoms with Gasteiger partial charge in [0.2, 0.25) is 0 Å². The molecule has 0 bridgehead atoms. The number of hydrogen-bond acceptors (Lipinski definition) is 4. The van der Waals surface area contributed by atoms with E-state index in [2.05, 4.69) is 5.32 Å². The van der Waals surface area contributed by atoms with E-state index in [1.807, 2.05) is 0 Å². The number of carbonyl (C=O) groups excluding carboxylic acids is 1. The van der Waals surface area contributed by atoms with Gasteiger partial charge in [0.25, 0.3) is 11.6 Å². The van der Waals surface area contributed by atoms with Crippen LogP contribution in [0.2, 0.25) is 5.02 Å². The van der Waals surface area contributed by atoms with Crippen molar-refractivity contribution in [3.63, 3.8) is 0 Å². The van der Waals surface area contributed by atoms with Crippen LogP contribution in [0.4, 0.5) is 5.69 Å². The molecule has 2 atom stereocenters. The van der Waals surface area contributed by atoms with Gasteiger partial charge in [-0.2, -0.15) is 0 Å². The zero-order valence-corrected chi connectivity index (χ0v) is 12.2. The largest absolute Gasteiger partial charge is 0.393 e. The van der Waals surface area contributed by atoms with E-state index in [9.17, 15) is 20.0 Å². The normalized spacial score (nSPS) is 21.8. The fraction of sp³-hybridized carbons (Fsp3) is 0.500. The Balaban J connectivity index is 1.95. The molecule has 0 radical (unpaired) electrons. The Morgan fingerprint density at radius 2 is 2.24 bits per heavy atom. The molecule has 0 saturated heterocycles. The van der Waals surface area contributed by atoms with Gasteiger partial charge in [-0.3, -0.25) is 14.9 Å². The van der Waals surface area contributed by atoms with Crippen molar-refractivity contribution in [1.82, 2.24) is 5.32 Å². The fourth-order valence-corrected chi connectivity index (χ4v) is 2.84. The first-order valence-electron chi connectivity index (χ1n) is 6.87. The number of rotatable bonds is 4. The van der Waals surface area contributed by atoms with Crippen molar-refractivity contribution in [3.05, 3.63) is 38.9 Å². The highest BCUT2D eigenvalue weighted by atomic mass is 35.5. The molecule has 1 amide bonds. The van der Waals surface area contributed by atoms with Gasteiger partial charge in [-0.25, -0.2) is 0 Å². The van der Waals surface area contributed by atoms with Crippen LogP contribution in [0.15, 0.2) is 18.2 Å². The van der Waals surface area contributed by atoms with Gasteiger partial charge in [0.15, 0.2) is 0 Å². The van der Waals surface area contributed by atoms with Gasteiger partial charge in [0, 0.05) is 18.7 Å². The molecule has 114 valence electrons. The quantitative estimate of drug-likeness (QED) is 0.660. The fourth-order valence-electron chi connectivity index (χ4n) is 2.58. The Morgan fingerprint density at radius 3 is 2.86 bits per heavy atom. The van der Waals surface area contributed by atoms with Gasteiger partial charge in [-0.05, 0) is 31.2 Å². The van der Waals surface area contributed by atoms with Gasteiger partial charge in [-0.1, -0.05) is 18.0 Å². The summed E-state index contributed by atoms with van der Waals surface area (Å²) in [5, 5.41) is 23.0. The zero-order chi connectivity index (χ0) is 15.4. The van der Waals surface area contributed by atoms with Crippen LogP contribution < -0.4 is 5.32 Å². The van der Waals surface area contributed by atoms with E-state index in [0.29, 0.717) is 13.0 Å². The minimum absolute atomic E-state index is 0.0605. The molecule has 1 aromatic rings. The molecule has 0 aliphatic heterocycles. The van der Waals surface area contributed by atoms with E-state index >= 15 is 0 Å². The summed E-state index contributed by atoms with van der Waals surface area (Å²) < 4.78 is 0. The number of non-ortho nitro benzene ring substituents is 1. The van der Waals surface area contributed by atoms with E-state index in [0.717, 1.165) is 19.3 Å². The summed E-state index contributed by atoms with van der Waals surface area (Å²) >= 11 is 5.91. The lowest BCUT2D eigenvalue weighted by Crippen LogP contribution is -2.33. The van der Waals surface area contributed by atoms with E-state index in [1.54, 1.807) is 0 Å². The SMILES string of the molecule is O=C(NCC1CCCC(O)C1)c1ccc([N+](=O)[O-])cc1Cl. The summed E-state index contributed by atoms with van der Waals surface area (Å²) in [4.78, 5) is 22.1. The molecular formula is C14H17ClN2O4. The molecule has 2 N–H and O–H groups in total. The molecule has 1 saturated carbocycles. The average molecular weight is 313 g/mol. The number of aliphatic hydroxyl groups is 1. The maximum atomic E-state index is 12.0. The third-order valence-electron chi connectivity index (χ3n) is 3.71. The molecule has 1 aromatic carbocycles. The highest BCUT2D eigenvalue weighted by molar-refractivity contribution is 6.34. The van der Waals surface area contributed by atoms with Crippen LogP contribution in [0.1, 0.15) is 36.0 Å². The minimum atomic E-state index is -0.559. The summed E-state index contributed by atoms with van der Waals surface area (Å²) in [6.07, 6.45) is 3.15. The average Bonchev–Trinajstić information content (AvgIpc) is 2.44. The highest BCUT2D eigenvalue weighted by Crippen LogP contribution is 2.25. The van der Waals surface area contributed by atoms with E-state index < -0.39 is 4.92 Å². The van der Waals surface area contributed by atoms with Crippen molar-refractivity contribution in [3.8, 4) is 0 Å². The maximum absolute atomic E-state index is 12.0. The third-order valence-corrected chi connectivity index (χ3v) is 4.03. The molecule has 21 heavy (non-hydrogen) atoms. The molecule has 0 heterocycles. The Hall–Kier alpha value is -1.66. The van der Waals surface area contributed by atoms with Gasteiger partial charge in [-0.15, -0.1) is 0 Å². The lowest BCUT2D eigenvalue weighted by molar-refractivity contribution is -0.384. The van der Waals surface area contributed by atoms with Crippen LogP contribution in [0, 0.1) is 16.0 Å². The van der Waals surface area contributed by atoms with Crippen LogP contribution in [-0.4, -0.2) is 28.6 Å². The second-order valence-corrected chi connectivity index (χ2v) is 5.72. The van der Waals surface area contributed by atoms with Crippen molar-refractivity contribution in [2.75, 3.05) is 6.54 Å². The highest BCUT2D eigenvalue weighted by Gasteiger charge is 2.21. The Bertz CT molecular complexity index is 550. The van der Waals surface area contributed by atoms with Crippen molar-refractivity contribution in [2.24, 2.45) is 5.92 Å². The smallest absolute Gasteiger partial charge is 0.270 e. The predicted molar refractivity (Wildman–Crippen MR) is 78.4 cm³/mol. The summed E-state index contributed by atoms with van der Waals surface area (Å²) in [6.45, 7) is 0.475. The Kier molecular flexibility index (Phi) is 5.14. The van der Waals surface area contributed by atoms with Gasteiger partial charge >= 0.3 is 0 Å². The van der Waals surface area contributed by atoms with Crippen molar-refractivity contribution < 1.29 is 14.8 Å². The molecule has 0 spiro atoms. The topological polar surface area (TPSA) is 92.5 Å². The summed E-state index contributed by atoms with van der Waals surface area (Å²) in [6, 6.07) is 3.78. The van der Waals surface area contributed by atoms with E-state index in [4.69, 9.17) is 11.6 Å². The summed E-state index contributed by atoms with van der Waals surface area (Å²) in [7, 11) is 0. The molecule has 7 heteroatoms. The molecular weight excluding hydrogens is 296 g/mol. The van der Waals surface area contributed by atoms with Crippen LogP contribution in [0.3, 0.4) is 0 Å². The summed E-state index contributed by atoms with van der Waals surface area (Å²) in [5.41, 5.74) is 0.0746. The molecule has 1 aliphatic carbocycles. The van der Waals surface area contributed by atoms with Crippen LogP contribution in [0.5, 0.6) is 0 Å². The number of halogens is 1. The van der Waals surface area contributed by atoms with Gasteiger partial charge in [0.05, 0.1) is 21.6 Å². The third kappa shape index (κ3) is 4.15. The number of nitro groups is 1. The number of hydrogen-bond donors (Lipinski definition) is 2.